The molecule has 7 nitrogen and oxygen atoms in total. The van der Waals surface area contributed by atoms with Gasteiger partial charge in [-0.15, -0.1) is 0 Å². The second-order valence-corrected chi connectivity index (χ2v) is 4.97. The molecule has 0 aromatic carbocycles. The molecule has 1 N–H and O–H groups in total. The van der Waals surface area contributed by atoms with Gasteiger partial charge in [-0.25, -0.2) is 14.8 Å². The highest BCUT2D eigenvalue weighted by atomic mass is 16.5. The Labute approximate surface area is 118 Å². The first-order valence-corrected chi connectivity index (χ1v) is 6.60. The lowest BCUT2D eigenvalue weighted by atomic mass is 10.1. The molecule has 7 heteroatoms. The second-order valence-electron chi connectivity index (χ2n) is 4.97. The van der Waals surface area contributed by atoms with Crippen LogP contribution in [0, 0.1) is 0 Å². The molecule has 1 aliphatic rings. The molecule has 1 aromatic rings. The third kappa shape index (κ3) is 2.82. The number of anilines is 1. The summed E-state index contributed by atoms with van der Waals surface area (Å²) >= 11 is 0. The van der Waals surface area contributed by atoms with Crippen LogP contribution in [0.5, 0.6) is 0 Å². The SMILES string of the molecule is COC(=O)N1CC(C)N(c2ccnc(CO)n2)C(C)C1. The van der Waals surface area contributed by atoms with Crippen molar-refractivity contribution in [2.75, 3.05) is 25.1 Å². The van der Waals surface area contributed by atoms with Crippen molar-refractivity contribution >= 4 is 11.9 Å². The summed E-state index contributed by atoms with van der Waals surface area (Å²) in [6.07, 6.45) is 1.34. The quantitative estimate of drug-likeness (QED) is 0.856. The molecule has 110 valence electrons. The highest BCUT2D eigenvalue weighted by Crippen LogP contribution is 2.23. The molecule has 0 bridgehead atoms. The van der Waals surface area contributed by atoms with Crippen LogP contribution in [0.3, 0.4) is 0 Å². The Hall–Kier alpha value is -1.89. The van der Waals surface area contributed by atoms with Gasteiger partial charge in [0.25, 0.3) is 0 Å². The van der Waals surface area contributed by atoms with Crippen molar-refractivity contribution in [1.29, 1.82) is 0 Å². The molecule has 0 aliphatic carbocycles. The molecule has 1 amide bonds. The van der Waals surface area contributed by atoms with Crippen LogP contribution in [-0.4, -0.2) is 58.4 Å². The number of aromatic nitrogens is 2. The fourth-order valence-corrected chi connectivity index (χ4v) is 2.66. The lowest BCUT2D eigenvalue weighted by molar-refractivity contribution is 0.109. The summed E-state index contributed by atoms with van der Waals surface area (Å²) in [4.78, 5) is 23.8. The molecule has 1 saturated heterocycles. The Morgan fingerprint density at radius 1 is 1.45 bits per heavy atom. The van der Waals surface area contributed by atoms with Gasteiger partial charge in [0.2, 0.25) is 0 Å². The number of ether oxygens (including phenoxy) is 1. The highest BCUT2D eigenvalue weighted by Gasteiger charge is 2.33. The zero-order valence-electron chi connectivity index (χ0n) is 12.0. The fraction of sp³-hybridized carbons (Fsp3) is 0.615. The number of carbonyl (C=O) groups excluding carboxylic acids is 1. The summed E-state index contributed by atoms with van der Waals surface area (Å²) in [5.41, 5.74) is 0. The standard InChI is InChI=1S/C13H20N4O3/c1-9-6-16(13(19)20-3)7-10(2)17(9)12-4-5-14-11(8-18)15-12/h4-5,9-10,18H,6-8H2,1-3H3. The minimum atomic E-state index is -0.304. The summed E-state index contributed by atoms with van der Waals surface area (Å²) in [5.74, 6) is 1.17. The number of aliphatic hydroxyl groups excluding tert-OH is 1. The second kappa shape index (κ2) is 6.04. The van der Waals surface area contributed by atoms with Crippen LogP contribution >= 0.6 is 0 Å². The molecule has 2 unspecified atom stereocenters. The van der Waals surface area contributed by atoms with E-state index in [2.05, 4.69) is 14.9 Å². The monoisotopic (exact) mass is 280 g/mol. The van der Waals surface area contributed by atoms with E-state index in [0.29, 0.717) is 18.9 Å². The number of aliphatic hydroxyl groups is 1. The van der Waals surface area contributed by atoms with Crippen LogP contribution in [0.2, 0.25) is 0 Å². The van der Waals surface area contributed by atoms with E-state index in [1.165, 1.54) is 7.11 Å². The maximum Gasteiger partial charge on any atom is 0.409 e. The smallest absolute Gasteiger partial charge is 0.409 e. The number of nitrogens with zero attached hydrogens (tertiary/aromatic N) is 4. The predicted molar refractivity (Wildman–Crippen MR) is 73.3 cm³/mol. The van der Waals surface area contributed by atoms with E-state index in [-0.39, 0.29) is 24.8 Å². The van der Waals surface area contributed by atoms with Crippen LogP contribution in [0.25, 0.3) is 0 Å². The molecule has 1 aromatic heterocycles. The van der Waals surface area contributed by atoms with Gasteiger partial charge in [-0.2, -0.15) is 0 Å². The highest BCUT2D eigenvalue weighted by molar-refractivity contribution is 5.68. The van der Waals surface area contributed by atoms with Crippen molar-refractivity contribution in [3.8, 4) is 0 Å². The van der Waals surface area contributed by atoms with Gasteiger partial charge in [0, 0.05) is 31.4 Å². The number of piperazine rings is 1. The number of amides is 1. The van der Waals surface area contributed by atoms with Gasteiger partial charge in [-0.1, -0.05) is 0 Å². The Morgan fingerprint density at radius 3 is 2.65 bits per heavy atom. The van der Waals surface area contributed by atoms with Crippen molar-refractivity contribution < 1.29 is 14.6 Å². The first kappa shape index (κ1) is 14.5. The lowest BCUT2D eigenvalue weighted by Gasteiger charge is -2.44. The van der Waals surface area contributed by atoms with Crippen LogP contribution in [0.1, 0.15) is 19.7 Å². The molecular weight excluding hydrogens is 260 g/mol. The molecule has 2 heterocycles. The van der Waals surface area contributed by atoms with Crippen LogP contribution in [0.15, 0.2) is 12.3 Å². The number of hydrogen-bond donors (Lipinski definition) is 1. The summed E-state index contributed by atoms with van der Waals surface area (Å²) < 4.78 is 4.77. The Morgan fingerprint density at radius 2 is 2.10 bits per heavy atom. The third-order valence-electron chi connectivity index (χ3n) is 3.45. The summed E-state index contributed by atoms with van der Waals surface area (Å²) in [6.45, 7) is 5.04. The first-order valence-electron chi connectivity index (χ1n) is 6.60. The van der Waals surface area contributed by atoms with Crippen LogP contribution < -0.4 is 4.90 Å². The number of hydrogen-bond acceptors (Lipinski definition) is 6. The van der Waals surface area contributed by atoms with Crippen molar-refractivity contribution in [3.63, 3.8) is 0 Å². The largest absolute Gasteiger partial charge is 0.453 e. The van der Waals surface area contributed by atoms with Gasteiger partial charge in [0.05, 0.1) is 7.11 Å². The molecule has 0 spiro atoms. The normalized spacial score (nSPS) is 22.8. The van der Waals surface area contributed by atoms with Gasteiger partial charge in [-0.3, -0.25) is 0 Å². The van der Waals surface area contributed by atoms with Crippen molar-refractivity contribution in [2.45, 2.75) is 32.5 Å². The molecule has 20 heavy (non-hydrogen) atoms. The predicted octanol–water partition coefficient (Wildman–Crippen LogP) is 0.634. The average molecular weight is 280 g/mol. The Kier molecular flexibility index (Phi) is 4.39. The maximum atomic E-state index is 11.6. The van der Waals surface area contributed by atoms with E-state index in [4.69, 9.17) is 9.84 Å². The third-order valence-corrected chi connectivity index (χ3v) is 3.45. The molecule has 0 saturated carbocycles. The molecule has 0 radical (unpaired) electrons. The van der Waals surface area contributed by atoms with Gasteiger partial charge in [-0.05, 0) is 19.9 Å². The van der Waals surface area contributed by atoms with E-state index in [0.717, 1.165) is 5.82 Å². The maximum absolute atomic E-state index is 11.6. The number of carbonyl (C=O) groups is 1. The van der Waals surface area contributed by atoms with Gasteiger partial charge < -0.3 is 19.6 Å². The Bertz CT molecular complexity index is 470. The molecule has 2 rings (SSSR count). The lowest BCUT2D eigenvalue weighted by Crippen LogP contribution is -2.58. The minimum Gasteiger partial charge on any atom is -0.453 e. The zero-order chi connectivity index (χ0) is 14.7. The molecule has 1 aliphatic heterocycles. The van der Waals surface area contributed by atoms with Crippen molar-refractivity contribution in [2.24, 2.45) is 0 Å². The summed E-state index contributed by atoms with van der Waals surface area (Å²) in [6, 6.07) is 2.04. The summed E-state index contributed by atoms with van der Waals surface area (Å²) in [5, 5.41) is 9.13. The van der Waals surface area contributed by atoms with Crippen molar-refractivity contribution in [1.82, 2.24) is 14.9 Å². The fourth-order valence-electron chi connectivity index (χ4n) is 2.66. The molecular formula is C13H20N4O3. The average Bonchev–Trinajstić information content (AvgIpc) is 2.45. The van der Waals surface area contributed by atoms with Crippen LogP contribution in [-0.2, 0) is 11.3 Å². The van der Waals surface area contributed by atoms with Gasteiger partial charge in [0.1, 0.15) is 12.4 Å². The van der Waals surface area contributed by atoms with E-state index < -0.39 is 0 Å². The van der Waals surface area contributed by atoms with E-state index in [9.17, 15) is 4.79 Å². The number of methoxy groups -OCH3 is 1. The van der Waals surface area contributed by atoms with E-state index in [1.54, 1.807) is 11.1 Å². The van der Waals surface area contributed by atoms with Crippen LogP contribution in [0.4, 0.5) is 10.6 Å². The summed E-state index contributed by atoms with van der Waals surface area (Å²) in [7, 11) is 1.39. The molecule has 2 atom stereocenters. The van der Waals surface area contributed by atoms with E-state index >= 15 is 0 Å². The van der Waals surface area contributed by atoms with Gasteiger partial charge in [0.15, 0.2) is 5.82 Å². The topological polar surface area (TPSA) is 78.8 Å². The van der Waals surface area contributed by atoms with Crippen molar-refractivity contribution in [3.05, 3.63) is 18.1 Å². The first-order chi connectivity index (χ1) is 9.56. The van der Waals surface area contributed by atoms with Gasteiger partial charge >= 0.3 is 6.09 Å². The van der Waals surface area contributed by atoms with E-state index in [1.807, 2.05) is 19.9 Å². The zero-order valence-corrected chi connectivity index (χ0v) is 12.0. The molecule has 1 fully saturated rings. The Balaban J connectivity index is 2.19. The minimum absolute atomic E-state index is 0.110. The number of rotatable bonds is 2.